The lowest BCUT2D eigenvalue weighted by Crippen LogP contribution is -2.06. The van der Waals surface area contributed by atoms with Gasteiger partial charge in [0.05, 0.1) is 12.5 Å². The van der Waals surface area contributed by atoms with Crippen molar-refractivity contribution < 1.29 is 9.53 Å². The average molecular weight is 126 g/mol. The summed E-state index contributed by atoms with van der Waals surface area (Å²) >= 11 is 0. The minimum atomic E-state index is -0.134. The largest absolute Gasteiger partial charge is 0.466 e. The van der Waals surface area contributed by atoms with Crippen LogP contribution in [0.15, 0.2) is 0 Å². The molecule has 0 spiro atoms. The maximum atomic E-state index is 10.7. The van der Waals surface area contributed by atoms with Crippen molar-refractivity contribution in [1.29, 1.82) is 0 Å². The molecule has 2 nitrogen and oxygen atoms in total. The van der Waals surface area contributed by atoms with Crippen molar-refractivity contribution in [3.05, 3.63) is 6.92 Å². The minimum absolute atomic E-state index is 0.00458. The summed E-state index contributed by atoms with van der Waals surface area (Å²) in [6.07, 6.45) is 0.804. The predicted octanol–water partition coefficient (Wildman–Crippen LogP) is 0.897. The second kappa shape index (κ2) is 2.38. The molecule has 0 bridgehead atoms. The minimum Gasteiger partial charge on any atom is -0.466 e. The number of ether oxygens (including phenoxy) is 1. The SMILES string of the molecule is [CH][C@@H]1C[C@H]1C(=O)OCC. The highest BCUT2D eigenvalue weighted by Gasteiger charge is 2.40. The topological polar surface area (TPSA) is 26.3 Å². The van der Waals surface area contributed by atoms with E-state index in [1.165, 1.54) is 0 Å². The van der Waals surface area contributed by atoms with Crippen LogP contribution in [0.1, 0.15) is 13.3 Å². The summed E-state index contributed by atoms with van der Waals surface area (Å²) in [5, 5.41) is 0. The van der Waals surface area contributed by atoms with Gasteiger partial charge in [0, 0.05) is 0 Å². The molecule has 0 heterocycles. The molecule has 2 radical (unpaired) electrons. The Kier molecular flexibility index (Phi) is 1.74. The number of hydrogen-bond acceptors (Lipinski definition) is 2. The van der Waals surface area contributed by atoms with E-state index in [0.29, 0.717) is 6.61 Å². The fraction of sp³-hybridized carbons (Fsp3) is 0.714. The summed E-state index contributed by atoms with van der Waals surface area (Å²) in [6.45, 7) is 7.65. The Balaban J connectivity index is 2.20. The van der Waals surface area contributed by atoms with Crippen LogP contribution in [0.5, 0.6) is 0 Å². The molecule has 0 aromatic rings. The van der Waals surface area contributed by atoms with Crippen LogP contribution in [0.25, 0.3) is 0 Å². The first-order chi connectivity index (χ1) is 4.25. The number of carbonyl (C=O) groups is 1. The molecule has 0 amide bonds. The summed E-state index contributed by atoms with van der Waals surface area (Å²) < 4.78 is 4.72. The Morgan fingerprint density at radius 1 is 1.89 bits per heavy atom. The Morgan fingerprint density at radius 3 is 2.78 bits per heavy atom. The molecule has 0 aromatic carbocycles. The lowest BCUT2D eigenvalue weighted by Gasteiger charge is -1.96. The highest BCUT2D eigenvalue weighted by atomic mass is 16.5. The quantitative estimate of drug-likeness (QED) is 0.514. The van der Waals surface area contributed by atoms with Crippen LogP contribution in [0.2, 0.25) is 0 Å². The number of esters is 1. The van der Waals surface area contributed by atoms with Crippen LogP contribution < -0.4 is 0 Å². The third kappa shape index (κ3) is 1.44. The van der Waals surface area contributed by atoms with Crippen molar-refractivity contribution in [2.24, 2.45) is 11.8 Å². The van der Waals surface area contributed by atoms with Crippen molar-refractivity contribution in [2.45, 2.75) is 13.3 Å². The first kappa shape index (κ1) is 6.59. The molecular weight excluding hydrogens is 116 g/mol. The molecule has 0 N–H and O–H groups in total. The molecular formula is C7H10O2. The molecule has 1 rings (SSSR count). The Labute approximate surface area is 55.2 Å². The van der Waals surface area contributed by atoms with Crippen LogP contribution in [-0.2, 0) is 9.53 Å². The Hall–Kier alpha value is -0.530. The van der Waals surface area contributed by atoms with E-state index in [1.807, 2.05) is 0 Å². The summed E-state index contributed by atoms with van der Waals surface area (Å²) in [4.78, 5) is 10.7. The Morgan fingerprint density at radius 2 is 2.44 bits per heavy atom. The fourth-order valence-electron chi connectivity index (χ4n) is 0.735. The van der Waals surface area contributed by atoms with Gasteiger partial charge in [-0.05, 0) is 26.2 Å². The van der Waals surface area contributed by atoms with Gasteiger partial charge in [-0.15, -0.1) is 0 Å². The zero-order valence-electron chi connectivity index (χ0n) is 5.46. The van der Waals surface area contributed by atoms with Gasteiger partial charge in [0.25, 0.3) is 0 Å². The lowest BCUT2D eigenvalue weighted by atomic mass is 10.3. The van der Waals surface area contributed by atoms with E-state index in [0.717, 1.165) is 6.42 Å². The van der Waals surface area contributed by atoms with E-state index < -0.39 is 0 Å². The third-order valence-electron chi connectivity index (χ3n) is 1.43. The van der Waals surface area contributed by atoms with Crippen molar-refractivity contribution in [1.82, 2.24) is 0 Å². The zero-order valence-corrected chi connectivity index (χ0v) is 5.46. The highest BCUT2D eigenvalue weighted by Crippen LogP contribution is 2.38. The van der Waals surface area contributed by atoms with Gasteiger partial charge in [0.1, 0.15) is 0 Å². The summed E-state index contributed by atoms with van der Waals surface area (Å²) in [5.74, 6) is -0.0565. The molecule has 0 unspecified atom stereocenters. The van der Waals surface area contributed by atoms with E-state index in [1.54, 1.807) is 6.92 Å². The maximum absolute atomic E-state index is 10.7. The lowest BCUT2D eigenvalue weighted by molar-refractivity contribution is -0.144. The number of hydrogen-bond donors (Lipinski definition) is 0. The molecule has 0 aromatic heterocycles. The molecule has 0 saturated heterocycles. The van der Waals surface area contributed by atoms with Crippen molar-refractivity contribution >= 4 is 5.97 Å². The molecule has 1 fully saturated rings. The van der Waals surface area contributed by atoms with Gasteiger partial charge in [-0.3, -0.25) is 4.79 Å². The van der Waals surface area contributed by atoms with Gasteiger partial charge in [-0.25, -0.2) is 0 Å². The summed E-state index contributed by atoms with van der Waals surface area (Å²) in [5.41, 5.74) is 0. The van der Waals surface area contributed by atoms with Crippen LogP contribution >= 0.6 is 0 Å². The molecule has 2 heteroatoms. The highest BCUT2D eigenvalue weighted by molar-refractivity contribution is 5.75. The van der Waals surface area contributed by atoms with Crippen molar-refractivity contribution in [3.8, 4) is 0 Å². The van der Waals surface area contributed by atoms with Gasteiger partial charge < -0.3 is 4.74 Å². The number of carbonyl (C=O) groups excluding carboxylic acids is 1. The fourth-order valence-corrected chi connectivity index (χ4v) is 0.735. The van der Waals surface area contributed by atoms with Gasteiger partial charge in [0.2, 0.25) is 0 Å². The van der Waals surface area contributed by atoms with Gasteiger partial charge in [0.15, 0.2) is 0 Å². The van der Waals surface area contributed by atoms with Crippen molar-refractivity contribution in [3.63, 3.8) is 0 Å². The van der Waals surface area contributed by atoms with Gasteiger partial charge >= 0.3 is 5.97 Å². The second-order valence-corrected chi connectivity index (χ2v) is 2.26. The van der Waals surface area contributed by atoms with Crippen LogP contribution in [0.3, 0.4) is 0 Å². The Bertz CT molecular complexity index is 120. The van der Waals surface area contributed by atoms with Gasteiger partial charge in [-0.1, -0.05) is 0 Å². The average Bonchev–Trinajstić information content (AvgIpc) is 2.47. The standard InChI is InChI=1S/C7H10O2/c1-3-9-7(8)6-4-5(6)2/h2,5-6H,3-4H2,1H3/t5-,6-/m1/s1. The molecule has 1 aliphatic carbocycles. The maximum Gasteiger partial charge on any atom is 0.309 e. The van der Waals surface area contributed by atoms with Crippen LogP contribution in [-0.4, -0.2) is 12.6 Å². The molecule has 0 aliphatic heterocycles. The second-order valence-electron chi connectivity index (χ2n) is 2.26. The van der Waals surface area contributed by atoms with Crippen LogP contribution in [0, 0.1) is 18.8 Å². The summed E-state index contributed by atoms with van der Waals surface area (Å²) in [7, 11) is 0. The zero-order chi connectivity index (χ0) is 6.85. The van der Waals surface area contributed by atoms with E-state index in [9.17, 15) is 4.79 Å². The van der Waals surface area contributed by atoms with E-state index in [4.69, 9.17) is 11.7 Å². The van der Waals surface area contributed by atoms with Crippen molar-refractivity contribution in [2.75, 3.05) is 6.61 Å². The number of rotatable bonds is 2. The normalized spacial score (nSPS) is 31.8. The third-order valence-corrected chi connectivity index (χ3v) is 1.43. The van der Waals surface area contributed by atoms with E-state index in [2.05, 4.69) is 0 Å². The van der Waals surface area contributed by atoms with E-state index in [-0.39, 0.29) is 17.8 Å². The monoisotopic (exact) mass is 126 g/mol. The van der Waals surface area contributed by atoms with Gasteiger partial charge in [-0.2, -0.15) is 0 Å². The smallest absolute Gasteiger partial charge is 0.309 e. The summed E-state index contributed by atoms with van der Waals surface area (Å²) in [6, 6.07) is 0. The van der Waals surface area contributed by atoms with Crippen LogP contribution in [0.4, 0.5) is 0 Å². The van der Waals surface area contributed by atoms with E-state index >= 15 is 0 Å². The first-order valence-corrected chi connectivity index (χ1v) is 3.18. The molecule has 1 saturated carbocycles. The molecule has 2 atom stereocenters. The predicted molar refractivity (Wildman–Crippen MR) is 32.5 cm³/mol. The molecule has 50 valence electrons. The molecule has 1 aliphatic rings. The molecule has 9 heavy (non-hydrogen) atoms. The first-order valence-electron chi connectivity index (χ1n) is 3.18.